The second-order valence-electron chi connectivity index (χ2n) is 8.53. The zero-order valence-electron chi connectivity index (χ0n) is 17.8. The molecule has 2 aliphatic rings. The summed E-state index contributed by atoms with van der Waals surface area (Å²) in [6.07, 6.45) is 2.46. The fourth-order valence-corrected chi connectivity index (χ4v) is 5.27. The first-order chi connectivity index (χ1) is 15.8. The number of halogens is 2. The minimum absolute atomic E-state index is 0.0304. The third kappa shape index (κ3) is 3.86. The van der Waals surface area contributed by atoms with Gasteiger partial charge in [0.25, 0.3) is 0 Å². The molecule has 2 bridgehead atoms. The summed E-state index contributed by atoms with van der Waals surface area (Å²) in [7, 11) is 0. The fourth-order valence-electron chi connectivity index (χ4n) is 5.10. The topological polar surface area (TPSA) is 97.2 Å². The van der Waals surface area contributed by atoms with E-state index in [1.807, 2.05) is 0 Å². The molecule has 1 aliphatic heterocycles. The Balaban J connectivity index is 1.42. The number of nitrogens with zero attached hydrogens (tertiary/aromatic N) is 4. The third-order valence-electron chi connectivity index (χ3n) is 6.44. The minimum atomic E-state index is -0.622. The number of fused-ring (bicyclic) bond motifs is 3. The average molecular weight is 470 g/mol. The Morgan fingerprint density at radius 1 is 1.21 bits per heavy atom. The summed E-state index contributed by atoms with van der Waals surface area (Å²) in [5.74, 6) is -0.988. The lowest BCUT2D eigenvalue weighted by molar-refractivity contribution is -0.141. The normalized spacial score (nSPS) is 21.5. The molecule has 0 unspecified atom stereocenters. The lowest BCUT2D eigenvalue weighted by Crippen LogP contribution is -2.52. The average Bonchev–Trinajstić information content (AvgIpc) is 3.46. The van der Waals surface area contributed by atoms with Crippen molar-refractivity contribution in [2.45, 2.75) is 44.8 Å². The van der Waals surface area contributed by atoms with Gasteiger partial charge in [-0.05, 0) is 55.5 Å². The highest BCUT2D eigenvalue weighted by Gasteiger charge is 2.51. The van der Waals surface area contributed by atoms with Crippen molar-refractivity contribution in [3.05, 3.63) is 53.1 Å². The molecule has 2 amide bonds. The number of nitrogens with one attached hydrogen (secondary N) is 1. The van der Waals surface area contributed by atoms with E-state index in [0.717, 1.165) is 19.3 Å². The smallest absolute Gasteiger partial charge is 0.248 e. The van der Waals surface area contributed by atoms with Crippen molar-refractivity contribution in [2.75, 3.05) is 5.32 Å². The van der Waals surface area contributed by atoms with Crippen LogP contribution in [0.4, 0.5) is 10.2 Å². The van der Waals surface area contributed by atoms with Gasteiger partial charge in [-0.3, -0.25) is 19.1 Å². The summed E-state index contributed by atoms with van der Waals surface area (Å²) < 4.78 is 15.2. The van der Waals surface area contributed by atoms with Gasteiger partial charge in [-0.15, -0.1) is 0 Å². The molecule has 1 aliphatic carbocycles. The molecule has 1 N–H and O–H groups in total. The van der Waals surface area contributed by atoms with Gasteiger partial charge in [0.1, 0.15) is 35.1 Å². The van der Waals surface area contributed by atoms with Gasteiger partial charge in [-0.2, -0.15) is 5.10 Å². The van der Waals surface area contributed by atoms with Crippen LogP contribution in [0, 0.1) is 11.7 Å². The van der Waals surface area contributed by atoms with Crippen LogP contribution in [0.3, 0.4) is 0 Å². The number of hydrogen-bond donors (Lipinski definition) is 1. The zero-order chi connectivity index (χ0) is 23.3. The maximum atomic E-state index is 13.8. The summed E-state index contributed by atoms with van der Waals surface area (Å²) in [4.78, 5) is 44.3. The molecule has 0 spiro atoms. The van der Waals surface area contributed by atoms with E-state index in [-0.39, 0.29) is 46.9 Å². The minimum Gasteiger partial charge on any atom is -0.326 e. The molecule has 2 aromatic heterocycles. The van der Waals surface area contributed by atoms with Crippen molar-refractivity contribution >= 4 is 45.9 Å². The van der Waals surface area contributed by atoms with Crippen molar-refractivity contribution < 1.29 is 18.8 Å². The van der Waals surface area contributed by atoms with E-state index in [4.69, 9.17) is 11.6 Å². The molecule has 10 heteroatoms. The Labute approximate surface area is 193 Å². The standard InChI is InChI=1S/C23H21ClFN5O3/c1-12(31)21-16-10-14(25)6-8-17(16)29(28-21)11-20(32)30-15-7-5-13(9-15)22(30)23(33)27-19-4-2-3-18(24)26-19/h2-4,6,8,10,13,15,22H,5,7,9,11H2,1H3,(H,26,27,33)/t13-,15+,22-/m0/s1. The van der Waals surface area contributed by atoms with Crippen LogP contribution in [-0.2, 0) is 16.1 Å². The predicted molar refractivity (Wildman–Crippen MR) is 119 cm³/mol. The van der Waals surface area contributed by atoms with Crippen LogP contribution in [0.5, 0.6) is 0 Å². The second kappa shape index (κ2) is 8.22. The first kappa shape index (κ1) is 21.5. The Hall–Kier alpha value is -3.33. The number of amides is 2. The summed E-state index contributed by atoms with van der Waals surface area (Å²) in [5, 5.41) is 7.68. The fraction of sp³-hybridized carbons (Fsp3) is 0.348. The van der Waals surface area contributed by atoms with Crippen molar-refractivity contribution in [3.8, 4) is 0 Å². The van der Waals surface area contributed by atoms with E-state index in [9.17, 15) is 18.8 Å². The molecule has 33 heavy (non-hydrogen) atoms. The van der Waals surface area contributed by atoms with Gasteiger partial charge >= 0.3 is 0 Å². The van der Waals surface area contributed by atoms with E-state index >= 15 is 0 Å². The molecule has 1 aromatic carbocycles. The summed E-state index contributed by atoms with van der Waals surface area (Å²) in [5.41, 5.74) is 0.602. The number of carbonyl (C=O) groups excluding carboxylic acids is 3. The number of hydrogen-bond acceptors (Lipinski definition) is 5. The molecular weight excluding hydrogens is 449 g/mol. The van der Waals surface area contributed by atoms with Gasteiger partial charge < -0.3 is 10.2 Å². The van der Waals surface area contributed by atoms with Gasteiger partial charge in [0.05, 0.1) is 5.52 Å². The van der Waals surface area contributed by atoms with Gasteiger partial charge in [0.2, 0.25) is 11.8 Å². The number of pyridine rings is 1. The molecule has 8 nitrogen and oxygen atoms in total. The Morgan fingerprint density at radius 3 is 2.79 bits per heavy atom. The maximum absolute atomic E-state index is 13.8. The number of rotatable bonds is 5. The van der Waals surface area contributed by atoms with Crippen LogP contribution < -0.4 is 5.32 Å². The monoisotopic (exact) mass is 469 g/mol. The quantitative estimate of drug-likeness (QED) is 0.456. The highest BCUT2D eigenvalue weighted by atomic mass is 35.5. The molecule has 170 valence electrons. The van der Waals surface area contributed by atoms with Crippen LogP contribution in [0.25, 0.3) is 10.9 Å². The number of anilines is 1. The molecule has 1 saturated heterocycles. The number of ketones is 1. The van der Waals surface area contributed by atoms with E-state index < -0.39 is 11.9 Å². The molecular formula is C23H21ClFN5O3. The Kier molecular flexibility index (Phi) is 5.36. The number of Topliss-reactive ketones (excluding diaryl/α,β-unsaturated/α-hetero) is 1. The SMILES string of the molecule is CC(=O)c1nn(CC(=O)N2[C@@H]3CC[C@@H](C3)[C@H]2C(=O)Nc2cccc(Cl)n2)c2ccc(F)cc12. The first-order valence-corrected chi connectivity index (χ1v) is 11.1. The van der Waals surface area contributed by atoms with E-state index in [1.165, 1.54) is 29.8 Å². The largest absolute Gasteiger partial charge is 0.326 e. The van der Waals surface area contributed by atoms with Crippen LogP contribution in [-0.4, -0.2) is 49.3 Å². The maximum Gasteiger partial charge on any atom is 0.248 e. The van der Waals surface area contributed by atoms with Crippen molar-refractivity contribution in [3.63, 3.8) is 0 Å². The molecule has 1 saturated carbocycles. The molecule has 3 atom stereocenters. The van der Waals surface area contributed by atoms with Crippen molar-refractivity contribution in [2.24, 2.45) is 5.92 Å². The Bertz CT molecular complexity index is 1290. The number of piperidine rings is 1. The van der Waals surface area contributed by atoms with Crippen LogP contribution >= 0.6 is 11.6 Å². The summed E-state index contributed by atoms with van der Waals surface area (Å²) in [6.45, 7) is 1.19. The lowest BCUT2D eigenvalue weighted by atomic mass is 9.97. The van der Waals surface area contributed by atoms with Gasteiger partial charge in [0, 0.05) is 18.4 Å². The van der Waals surface area contributed by atoms with Gasteiger partial charge in [-0.1, -0.05) is 17.7 Å². The molecule has 0 radical (unpaired) electrons. The van der Waals surface area contributed by atoms with E-state index in [1.54, 1.807) is 23.1 Å². The molecule has 3 heterocycles. The van der Waals surface area contributed by atoms with Gasteiger partial charge in [0.15, 0.2) is 5.78 Å². The van der Waals surface area contributed by atoms with Gasteiger partial charge in [-0.25, -0.2) is 9.37 Å². The summed E-state index contributed by atoms with van der Waals surface area (Å²) >= 11 is 5.92. The number of carbonyl (C=O) groups is 3. The first-order valence-electron chi connectivity index (χ1n) is 10.7. The number of benzene rings is 1. The molecule has 2 fully saturated rings. The van der Waals surface area contributed by atoms with Crippen LogP contribution in [0.15, 0.2) is 36.4 Å². The van der Waals surface area contributed by atoms with Crippen molar-refractivity contribution in [1.82, 2.24) is 19.7 Å². The number of aromatic nitrogens is 3. The summed E-state index contributed by atoms with van der Waals surface area (Å²) in [6, 6.07) is 8.30. The highest BCUT2D eigenvalue weighted by Crippen LogP contribution is 2.43. The highest BCUT2D eigenvalue weighted by molar-refractivity contribution is 6.29. The zero-order valence-corrected chi connectivity index (χ0v) is 18.6. The molecule has 5 rings (SSSR count). The number of likely N-dealkylation sites (tertiary alicyclic amines) is 1. The predicted octanol–water partition coefficient (Wildman–Crippen LogP) is 3.44. The van der Waals surface area contributed by atoms with Crippen LogP contribution in [0.1, 0.15) is 36.7 Å². The van der Waals surface area contributed by atoms with E-state index in [2.05, 4.69) is 15.4 Å². The van der Waals surface area contributed by atoms with E-state index in [0.29, 0.717) is 16.7 Å². The second-order valence-corrected chi connectivity index (χ2v) is 8.92. The van der Waals surface area contributed by atoms with Crippen molar-refractivity contribution in [1.29, 1.82) is 0 Å². The third-order valence-corrected chi connectivity index (χ3v) is 6.65. The van der Waals surface area contributed by atoms with Crippen LogP contribution in [0.2, 0.25) is 5.15 Å². The Morgan fingerprint density at radius 2 is 2.03 bits per heavy atom. The lowest BCUT2D eigenvalue weighted by Gasteiger charge is -2.34. The molecule has 3 aromatic rings.